The van der Waals surface area contributed by atoms with Gasteiger partial charge in [0.05, 0.1) is 12.8 Å². The highest BCUT2D eigenvalue weighted by atomic mass is 16.5. The fourth-order valence-electron chi connectivity index (χ4n) is 4.92. The van der Waals surface area contributed by atoms with Crippen LogP contribution >= 0.6 is 0 Å². The molecule has 1 aromatic heterocycles. The number of hydrogen-bond donors (Lipinski definition) is 2. The summed E-state index contributed by atoms with van der Waals surface area (Å²) in [6.45, 7) is 2.59. The zero-order chi connectivity index (χ0) is 22.1. The summed E-state index contributed by atoms with van der Waals surface area (Å²) in [5.74, 6) is -0.0361. The Morgan fingerprint density at radius 1 is 1.26 bits per heavy atom. The quantitative estimate of drug-likeness (QED) is 0.756. The van der Waals surface area contributed by atoms with E-state index in [9.17, 15) is 9.59 Å². The van der Waals surface area contributed by atoms with Crippen LogP contribution < -0.4 is 15.4 Å². The molecule has 0 unspecified atom stereocenters. The number of carbonyl (C=O) groups excluding carboxylic acids is 1. The van der Waals surface area contributed by atoms with Crippen molar-refractivity contribution in [3.8, 4) is 6.01 Å². The molecular weight excluding hydrogens is 396 g/mol. The highest BCUT2D eigenvalue weighted by Gasteiger charge is 2.31. The maximum absolute atomic E-state index is 13.1. The first-order valence-electron chi connectivity index (χ1n) is 10.7. The first-order chi connectivity index (χ1) is 14.9. The van der Waals surface area contributed by atoms with E-state index in [2.05, 4.69) is 29.0 Å². The molecule has 8 heteroatoms. The van der Waals surface area contributed by atoms with Gasteiger partial charge in [-0.1, -0.05) is 6.07 Å². The SMILES string of the molecule is COc1nc(N)c2c(n1)CCN(c1ccc([C@H]3CC[C@H](CC(=O)O)CC3)c(C)c1)C2=O. The third-order valence-corrected chi connectivity index (χ3v) is 6.52. The van der Waals surface area contributed by atoms with Crippen molar-refractivity contribution < 1.29 is 19.4 Å². The standard InChI is InChI=1S/C23H28N4O4/c1-13-11-16(7-8-17(13)15-5-3-14(4-6-15)12-19(28)29)27-10-9-18-20(22(27)30)21(24)26-23(25-18)31-2/h7-8,11,14-15H,3-6,9-10,12H2,1-2H3,(H,28,29)(H2,24,25,26)/t14-,15-. The highest BCUT2D eigenvalue weighted by Crippen LogP contribution is 2.39. The zero-order valence-electron chi connectivity index (χ0n) is 17.9. The summed E-state index contributed by atoms with van der Waals surface area (Å²) in [4.78, 5) is 34.2. The molecule has 1 saturated carbocycles. The normalized spacial score (nSPS) is 21.0. The second-order valence-corrected chi connectivity index (χ2v) is 8.48. The number of fused-ring (bicyclic) bond motifs is 1. The summed E-state index contributed by atoms with van der Waals surface area (Å²) in [6, 6.07) is 6.34. The molecule has 164 valence electrons. The molecule has 3 N–H and O–H groups in total. The van der Waals surface area contributed by atoms with Gasteiger partial charge < -0.3 is 20.5 Å². The minimum atomic E-state index is -0.707. The molecule has 1 fully saturated rings. The van der Waals surface area contributed by atoms with Crippen LogP contribution in [0.5, 0.6) is 6.01 Å². The number of methoxy groups -OCH3 is 1. The van der Waals surface area contributed by atoms with Crippen LogP contribution in [0.4, 0.5) is 11.5 Å². The highest BCUT2D eigenvalue weighted by molar-refractivity contribution is 6.10. The van der Waals surface area contributed by atoms with Crippen molar-refractivity contribution in [1.82, 2.24) is 9.97 Å². The van der Waals surface area contributed by atoms with Crippen molar-refractivity contribution in [3.63, 3.8) is 0 Å². The van der Waals surface area contributed by atoms with Crippen LogP contribution in [0.25, 0.3) is 0 Å². The van der Waals surface area contributed by atoms with Gasteiger partial charge in [0.25, 0.3) is 5.91 Å². The van der Waals surface area contributed by atoms with Crippen LogP contribution in [0.1, 0.15) is 65.2 Å². The summed E-state index contributed by atoms with van der Waals surface area (Å²) in [7, 11) is 1.47. The van der Waals surface area contributed by atoms with Crippen molar-refractivity contribution in [2.75, 3.05) is 24.3 Å². The van der Waals surface area contributed by atoms with Crippen LogP contribution in [0, 0.1) is 12.8 Å². The van der Waals surface area contributed by atoms with Crippen molar-refractivity contribution in [2.45, 2.75) is 51.4 Å². The molecule has 1 amide bonds. The second kappa shape index (κ2) is 8.53. The van der Waals surface area contributed by atoms with Crippen molar-refractivity contribution in [3.05, 3.63) is 40.6 Å². The number of rotatable bonds is 5. The number of nitrogens with zero attached hydrogens (tertiary/aromatic N) is 3. The lowest BCUT2D eigenvalue weighted by molar-refractivity contribution is -0.138. The average molecular weight is 425 g/mol. The Morgan fingerprint density at radius 3 is 2.65 bits per heavy atom. The number of hydrogen-bond acceptors (Lipinski definition) is 6. The summed E-state index contributed by atoms with van der Waals surface area (Å²) in [5.41, 5.74) is 10.3. The number of ether oxygens (including phenoxy) is 1. The summed E-state index contributed by atoms with van der Waals surface area (Å²) >= 11 is 0. The fraction of sp³-hybridized carbons (Fsp3) is 0.478. The second-order valence-electron chi connectivity index (χ2n) is 8.48. The van der Waals surface area contributed by atoms with Gasteiger partial charge in [0.15, 0.2) is 0 Å². The van der Waals surface area contributed by atoms with E-state index in [4.69, 9.17) is 15.6 Å². The Kier molecular flexibility index (Phi) is 5.80. The lowest BCUT2D eigenvalue weighted by Crippen LogP contribution is -2.39. The van der Waals surface area contributed by atoms with E-state index >= 15 is 0 Å². The van der Waals surface area contributed by atoms with E-state index in [1.165, 1.54) is 12.7 Å². The number of carboxylic acids is 1. The van der Waals surface area contributed by atoms with Gasteiger partial charge in [-0.25, -0.2) is 0 Å². The number of anilines is 2. The molecule has 0 saturated heterocycles. The summed E-state index contributed by atoms with van der Waals surface area (Å²) in [6.07, 6.45) is 4.75. The molecule has 0 radical (unpaired) electrons. The third kappa shape index (κ3) is 4.19. The number of aryl methyl sites for hydroxylation is 1. The lowest BCUT2D eigenvalue weighted by Gasteiger charge is -2.31. The largest absolute Gasteiger partial charge is 0.481 e. The molecule has 0 bridgehead atoms. The number of amides is 1. The lowest BCUT2D eigenvalue weighted by atomic mass is 9.76. The summed E-state index contributed by atoms with van der Waals surface area (Å²) < 4.78 is 5.06. The van der Waals surface area contributed by atoms with E-state index in [1.807, 2.05) is 6.07 Å². The number of benzene rings is 1. The first-order valence-corrected chi connectivity index (χ1v) is 10.7. The number of carbonyl (C=O) groups is 2. The van der Waals surface area contributed by atoms with Gasteiger partial charge in [-0.2, -0.15) is 9.97 Å². The number of nitrogens with two attached hydrogens (primary N) is 1. The molecule has 2 aromatic rings. The summed E-state index contributed by atoms with van der Waals surface area (Å²) in [5, 5.41) is 9.02. The van der Waals surface area contributed by atoms with E-state index in [0.717, 1.165) is 36.9 Å². The Morgan fingerprint density at radius 2 is 2.00 bits per heavy atom. The number of aromatic nitrogens is 2. The van der Waals surface area contributed by atoms with Crippen LogP contribution in [0.3, 0.4) is 0 Å². The van der Waals surface area contributed by atoms with Crippen LogP contribution in [0.2, 0.25) is 0 Å². The predicted molar refractivity (Wildman–Crippen MR) is 117 cm³/mol. The van der Waals surface area contributed by atoms with Crippen molar-refractivity contribution >= 4 is 23.4 Å². The molecule has 1 aromatic carbocycles. The van der Waals surface area contributed by atoms with Gasteiger partial charge in [-0.05, 0) is 67.7 Å². The van der Waals surface area contributed by atoms with E-state index < -0.39 is 5.97 Å². The van der Waals surface area contributed by atoms with E-state index in [1.54, 1.807) is 4.90 Å². The molecule has 0 atom stereocenters. The van der Waals surface area contributed by atoms with E-state index in [0.29, 0.717) is 30.1 Å². The van der Waals surface area contributed by atoms with Gasteiger partial charge in [-0.3, -0.25) is 9.59 Å². The van der Waals surface area contributed by atoms with Gasteiger partial charge in [0.2, 0.25) is 0 Å². The molecule has 2 aliphatic rings. The molecule has 8 nitrogen and oxygen atoms in total. The van der Waals surface area contributed by atoms with Gasteiger partial charge in [0.1, 0.15) is 11.4 Å². The van der Waals surface area contributed by atoms with Crippen molar-refractivity contribution in [1.29, 1.82) is 0 Å². The van der Waals surface area contributed by atoms with Crippen LogP contribution in [-0.2, 0) is 11.2 Å². The third-order valence-electron chi connectivity index (χ3n) is 6.52. The molecule has 31 heavy (non-hydrogen) atoms. The molecule has 4 rings (SSSR count). The van der Waals surface area contributed by atoms with Gasteiger partial charge in [-0.15, -0.1) is 0 Å². The fourth-order valence-corrected chi connectivity index (χ4v) is 4.92. The smallest absolute Gasteiger partial charge is 0.318 e. The number of carboxylic acid groups (broad SMARTS) is 1. The molecule has 2 heterocycles. The predicted octanol–water partition coefficient (Wildman–Crippen LogP) is 3.33. The number of nitrogen functional groups attached to an aromatic ring is 1. The first kappa shape index (κ1) is 21.1. The Labute approximate surface area is 181 Å². The molecule has 1 aliphatic carbocycles. The van der Waals surface area contributed by atoms with Crippen LogP contribution in [0.15, 0.2) is 18.2 Å². The molecular formula is C23H28N4O4. The topological polar surface area (TPSA) is 119 Å². The Bertz CT molecular complexity index is 1010. The Hall–Kier alpha value is -3.16. The minimum absolute atomic E-state index is 0.142. The maximum atomic E-state index is 13.1. The van der Waals surface area contributed by atoms with Gasteiger partial charge >= 0.3 is 12.0 Å². The maximum Gasteiger partial charge on any atom is 0.318 e. The molecule has 0 spiro atoms. The number of aliphatic carboxylic acids is 1. The minimum Gasteiger partial charge on any atom is -0.481 e. The van der Waals surface area contributed by atoms with E-state index in [-0.39, 0.29) is 30.1 Å². The zero-order valence-corrected chi connectivity index (χ0v) is 17.9. The monoisotopic (exact) mass is 424 g/mol. The molecule has 1 aliphatic heterocycles. The van der Waals surface area contributed by atoms with Gasteiger partial charge in [0, 0.05) is 25.1 Å². The van der Waals surface area contributed by atoms with Crippen molar-refractivity contribution in [2.24, 2.45) is 5.92 Å². The average Bonchev–Trinajstić information content (AvgIpc) is 2.74. The Balaban J connectivity index is 1.51. The van der Waals surface area contributed by atoms with Crippen LogP contribution in [-0.4, -0.2) is 40.6 Å².